The summed E-state index contributed by atoms with van der Waals surface area (Å²) in [6, 6.07) is 7.02. The van der Waals surface area contributed by atoms with Gasteiger partial charge >= 0.3 is 0 Å². The molecule has 116 valence electrons. The summed E-state index contributed by atoms with van der Waals surface area (Å²) in [7, 11) is -3.24. The maximum Gasteiger partial charge on any atom is 0.178 e. The van der Waals surface area contributed by atoms with Crippen molar-refractivity contribution in [2.45, 2.75) is 50.0 Å². The van der Waals surface area contributed by atoms with Gasteiger partial charge in [0.15, 0.2) is 9.84 Å². The summed E-state index contributed by atoms with van der Waals surface area (Å²) in [6.45, 7) is 4.47. The van der Waals surface area contributed by atoms with Gasteiger partial charge in [-0.15, -0.1) is 0 Å². The summed E-state index contributed by atoms with van der Waals surface area (Å²) in [5.41, 5.74) is -0.354. The minimum Gasteiger partial charge on any atom is -0.385 e. The summed E-state index contributed by atoms with van der Waals surface area (Å²) in [4.78, 5) is 0.338. The molecule has 3 atom stereocenters. The van der Waals surface area contributed by atoms with Gasteiger partial charge in [-0.2, -0.15) is 0 Å². The molecule has 0 spiro atoms. The molecule has 21 heavy (non-hydrogen) atoms. The molecule has 3 rings (SSSR count). The van der Waals surface area contributed by atoms with Gasteiger partial charge in [-0.25, -0.2) is 8.42 Å². The molecule has 1 aliphatic carbocycles. The van der Waals surface area contributed by atoms with Crippen LogP contribution in [0.25, 0.3) is 0 Å². The number of sulfone groups is 1. The zero-order chi connectivity index (χ0) is 15.3. The Hall–Kier alpha value is -0.870. The van der Waals surface area contributed by atoms with Crippen LogP contribution in [0, 0.1) is 17.8 Å². The minimum absolute atomic E-state index is 0.0553. The number of hydrogen-bond donors (Lipinski definition) is 1. The molecule has 3 nitrogen and oxygen atoms in total. The number of fused-ring (bicyclic) bond motifs is 1. The summed E-state index contributed by atoms with van der Waals surface area (Å²) in [6.07, 6.45) is 3.49. The molecule has 1 heterocycles. The lowest BCUT2D eigenvalue weighted by Crippen LogP contribution is -2.44. The van der Waals surface area contributed by atoms with E-state index in [9.17, 15) is 13.5 Å². The van der Waals surface area contributed by atoms with Gasteiger partial charge in [0.2, 0.25) is 0 Å². The number of rotatable bonds is 1. The topological polar surface area (TPSA) is 54.4 Å². The normalized spacial score (nSPS) is 38.7. The van der Waals surface area contributed by atoms with E-state index in [2.05, 4.69) is 13.8 Å². The van der Waals surface area contributed by atoms with E-state index in [0.717, 1.165) is 12.8 Å². The first-order valence-corrected chi connectivity index (χ1v) is 9.53. The van der Waals surface area contributed by atoms with Crippen molar-refractivity contribution in [1.82, 2.24) is 0 Å². The molecule has 1 aromatic carbocycles. The van der Waals surface area contributed by atoms with Crippen molar-refractivity contribution in [2.24, 2.45) is 17.8 Å². The summed E-state index contributed by atoms with van der Waals surface area (Å²) in [5, 5.41) is 11.4. The maximum absolute atomic E-state index is 12.3. The van der Waals surface area contributed by atoms with Crippen LogP contribution in [0.5, 0.6) is 0 Å². The highest BCUT2D eigenvalue weighted by atomic mass is 32.2. The zero-order valence-electron chi connectivity index (χ0n) is 12.7. The third-order valence-electron chi connectivity index (χ3n) is 5.29. The molecule has 3 unspecified atom stereocenters. The summed E-state index contributed by atoms with van der Waals surface area (Å²) >= 11 is 0. The Kier molecular flexibility index (Phi) is 3.65. The molecule has 0 aromatic heterocycles. The van der Waals surface area contributed by atoms with E-state index in [1.807, 2.05) is 6.07 Å². The molecule has 1 N–H and O–H groups in total. The molecule has 0 saturated heterocycles. The Bertz CT molecular complexity index is 627. The molecule has 1 aliphatic heterocycles. The standard InChI is InChI=1S/C17H24O3S/c1-12-9-13(2)11-14(10-12)17(18)7-8-21(19,20)16-6-4-3-5-15(16)17/h3-6,12-14,18H,7-11H2,1-2H3. The predicted octanol–water partition coefficient (Wildman–Crippen LogP) is 3.12. The second-order valence-electron chi connectivity index (χ2n) is 7.10. The molecular formula is C17H24O3S. The van der Waals surface area contributed by atoms with Gasteiger partial charge in [0.25, 0.3) is 0 Å². The molecule has 1 aromatic rings. The first-order chi connectivity index (χ1) is 9.83. The van der Waals surface area contributed by atoms with E-state index in [-0.39, 0.29) is 11.7 Å². The zero-order valence-corrected chi connectivity index (χ0v) is 13.6. The number of hydrogen-bond acceptors (Lipinski definition) is 3. The molecular weight excluding hydrogens is 284 g/mol. The van der Waals surface area contributed by atoms with Crippen LogP contribution in [0.3, 0.4) is 0 Å². The quantitative estimate of drug-likeness (QED) is 0.867. The average molecular weight is 308 g/mol. The molecule has 0 radical (unpaired) electrons. The average Bonchev–Trinajstić information content (AvgIpc) is 2.43. The molecule has 4 heteroatoms. The lowest BCUT2D eigenvalue weighted by Gasteiger charge is -2.45. The van der Waals surface area contributed by atoms with Crippen LogP contribution in [0.15, 0.2) is 29.2 Å². The van der Waals surface area contributed by atoms with E-state index in [0.29, 0.717) is 28.7 Å². The van der Waals surface area contributed by atoms with E-state index >= 15 is 0 Å². The van der Waals surface area contributed by atoms with Crippen molar-refractivity contribution in [3.63, 3.8) is 0 Å². The lowest BCUT2D eigenvalue weighted by atomic mass is 9.66. The van der Waals surface area contributed by atoms with Gasteiger partial charge in [0, 0.05) is 5.56 Å². The third-order valence-corrected chi connectivity index (χ3v) is 7.06. The van der Waals surface area contributed by atoms with E-state index in [4.69, 9.17) is 0 Å². The van der Waals surface area contributed by atoms with E-state index in [1.165, 1.54) is 6.42 Å². The Balaban J connectivity index is 2.06. The third kappa shape index (κ3) is 2.53. The van der Waals surface area contributed by atoms with Gasteiger partial charge in [0.1, 0.15) is 0 Å². The molecule has 1 saturated carbocycles. The smallest absolute Gasteiger partial charge is 0.178 e. The highest BCUT2D eigenvalue weighted by Crippen LogP contribution is 2.48. The van der Waals surface area contributed by atoms with Gasteiger partial charge in [-0.3, -0.25) is 0 Å². The summed E-state index contributed by atoms with van der Waals surface area (Å²) < 4.78 is 24.5. The Morgan fingerprint density at radius 2 is 1.71 bits per heavy atom. The van der Waals surface area contributed by atoms with Gasteiger partial charge in [-0.05, 0) is 49.5 Å². The first kappa shape index (κ1) is 15.0. The fourth-order valence-corrected chi connectivity index (χ4v) is 6.06. The maximum atomic E-state index is 12.3. The molecule has 1 fully saturated rings. The van der Waals surface area contributed by atoms with Crippen molar-refractivity contribution in [3.8, 4) is 0 Å². The van der Waals surface area contributed by atoms with Crippen LogP contribution >= 0.6 is 0 Å². The van der Waals surface area contributed by atoms with Crippen molar-refractivity contribution in [3.05, 3.63) is 29.8 Å². The van der Waals surface area contributed by atoms with Crippen LogP contribution in [0.4, 0.5) is 0 Å². The van der Waals surface area contributed by atoms with Gasteiger partial charge in [0.05, 0.1) is 16.2 Å². The molecule has 0 bridgehead atoms. The van der Waals surface area contributed by atoms with Crippen molar-refractivity contribution >= 4 is 9.84 Å². The SMILES string of the molecule is CC1CC(C)CC(C2(O)CCS(=O)(=O)c3ccccc32)C1. The molecule has 0 amide bonds. The van der Waals surface area contributed by atoms with Crippen LogP contribution < -0.4 is 0 Å². The minimum atomic E-state index is -3.24. The van der Waals surface area contributed by atoms with Crippen molar-refractivity contribution in [1.29, 1.82) is 0 Å². The highest BCUT2D eigenvalue weighted by molar-refractivity contribution is 7.91. The number of aliphatic hydroxyl groups is 1. The monoisotopic (exact) mass is 308 g/mol. The predicted molar refractivity (Wildman–Crippen MR) is 82.7 cm³/mol. The number of benzene rings is 1. The fourth-order valence-electron chi connectivity index (χ4n) is 4.39. The van der Waals surface area contributed by atoms with Crippen molar-refractivity contribution < 1.29 is 13.5 Å². The van der Waals surface area contributed by atoms with Gasteiger partial charge in [-0.1, -0.05) is 32.0 Å². The van der Waals surface area contributed by atoms with Crippen LogP contribution in [0.2, 0.25) is 0 Å². The Labute approximate surface area is 127 Å². The lowest BCUT2D eigenvalue weighted by molar-refractivity contribution is -0.0605. The van der Waals surface area contributed by atoms with Gasteiger partial charge < -0.3 is 5.11 Å². The van der Waals surface area contributed by atoms with Crippen molar-refractivity contribution in [2.75, 3.05) is 5.75 Å². The second kappa shape index (κ2) is 5.10. The van der Waals surface area contributed by atoms with E-state index < -0.39 is 15.4 Å². The van der Waals surface area contributed by atoms with Crippen LogP contribution in [-0.4, -0.2) is 19.3 Å². The highest BCUT2D eigenvalue weighted by Gasteiger charge is 2.47. The summed E-state index contributed by atoms with van der Waals surface area (Å²) in [5.74, 6) is 1.40. The second-order valence-corrected chi connectivity index (χ2v) is 9.18. The largest absolute Gasteiger partial charge is 0.385 e. The fraction of sp³-hybridized carbons (Fsp3) is 0.647. The first-order valence-electron chi connectivity index (χ1n) is 7.87. The Morgan fingerprint density at radius 3 is 2.38 bits per heavy atom. The molecule has 2 aliphatic rings. The Morgan fingerprint density at radius 1 is 1.10 bits per heavy atom. The van der Waals surface area contributed by atoms with E-state index in [1.54, 1.807) is 18.2 Å². The van der Waals surface area contributed by atoms with Crippen LogP contribution in [-0.2, 0) is 15.4 Å². The van der Waals surface area contributed by atoms with Crippen LogP contribution in [0.1, 0.15) is 45.1 Å².